The molecule has 152 valence electrons. The SMILES string of the molecule is COc1ccc(OC)c(N2CCN(CC(=O)N3CCCc4ccccc43)C2=O)c1. The fraction of sp³-hybridized carbons (Fsp3) is 0.364. The highest BCUT2D eigenvalue weighted by Crippen LogP contribution is 2.34. The maximum Gasteiger partial charge on any atom is 0.325 e. The number of rotatable bonds is 5. The number of hydrogen-bond acceptors (Lipinski definition) is 4. The summed E-state index contributed by atoms with van der Waals surface area (Å²) in [6, 6.07) is 13.1. The molecule has 2 aliphatic rings. The largest absolute Gasteiger partial charge is 0.497 e. The Balaban J connectivity index is 1.50. The number of carbonyl (C=O) groups excluding carboxylic acids is 2. The van der Waals surface area contributed by atoms with Crippen LogP contribution in [0.5, 0.6) is 11.5 Å². The van der Waals surface area contributed by atoms with Gasteiger partial charge in [0.25, 0.3) is 0 Å². The first-order valence-corrected chi connectivity index (χ1v) is 9.79. The van der Waals surface area contributed by atoms with Crippen LogP contribution in [0.1, 0.15) is 12.0 Å². The third kappa shape index (κ3) is 3.60. The number of hydrogen-bond donors (Lipinski definition) is 0. The molecular formula is C22H25N3O4. The Labute approximate surface area is 170 Å². The summed E-state index contributed by atoms with van der Waals surface area (Å²) in [4.78, 5) is 31.1. The van der Waals surface area contributed by atoms with E-state index in [0.717, 1.165) is 18.5 Å². The van der Waals surface area contributed by atoms with E-state index in [4.69, 9.17) is 9.47 Å². The van der Waals surface area contributed by atoms with E-state index in [1.54, 1.807) is 47.1 Å². The average molecular weight is 395 g/mol. The van der Waals surface area contributed by atoms with Gasteiger partial charge in [0.2, 0.25) is 5.91 Å². The number of aryl methyl sites for hydroxylation is 1. The van der Waals surface area contributed by atoms with Gasteiger partial charge in [0, 0.05) is 31.4 Å². The van der Waals surface area contributed by atoms with E-state index in [0.29, 0.717) is 36.8 Å². The summed E-state index contributed by atoms with van der Waals surface area (Å²) in [7, 11) is 3.15. The van der Waals surface area contributed by atoms with Crippen LogP contribution in [0.4, 0.5) is 16.2 Å². The number of benzene rings is 2. The van der Waals surface area contributed by atoms with Gasteiger partial charge in [-0.15, -0.1) is 0 Å². The molecule has 29 heavy (non-hydrogen) atoms. The first kappa shape index (κ1) is 19.1. The number of amides is 3. The van der Waals surface area contributed by atoms with Crippen LogP contribution >= 0.6 is 0 Å². The second-order valence-corrected chi connectivity index (χ2v) is 7.17. The van der Waals surface area contributed by atoms with E-state index < -0.39 is 0 Å². The van der Waals surface area contributed by atoms with Crippen molar-refractivity contribution in [3.63, 3.8) is 0 Å². The Morgan fingerprint density at radius 3 is 2.62 bits per heavy atom. The molecule has 3 amide bonds. The highest BCUT2D eigenvalue weighted by Gasteiger charge is 2.34. The van der Waals surface area contributed by atoms with Crippen molar-refractivity contribution in [2.45, 2.75) is 12.8 Å². The second kappa shape index (κ2) is 8.03. The minimum absolute atomic E-state index is 0.0510. The zero-order chi connectivity index (χ0) is 20.4. The van der Waals surface area contributed by atoms with Gasteiger partial charge in [-0.1, -0.05) is 18.2 Å². The van der Waals surface area contributed by atoms with Crippen LogP contribution in [-0.2, 0) is 11.2 Å². The summed E-state index contributed by atoms with van der Waals surface area (Å²) in [6.45, 7) is 1.73. The van der Waals surface area contributed by atoms with Crippen molar-refractivity contribution in [3.8, 4) is 11.5 Å². The zero-order valence-electron chi connectivity index (χ0n) is 16.8. The summed E-state index contributed by atoms with van der Waals surface area (Å²) >= 11 is 0. The molecule has 0 atom stereocenters. The van der Waals surface area contributed by atoms with Gasteiger partial charge in [-0.25, -0.2) is 4.79 Å². The number of fused-ring (bicyclic) bond motifs is 1. The molecule has 0 bridgehead atoms. The van der Waals surface area contributed by atoms with Crippen LogP contribution < -0.4 is 19.3 Å². The van der Waals surface area contributed by atoms with Crippen molar-refractivity contribution >= 4 is 23.3 Å². The molecule has 0 radical (unpaired) electrons. The Kier molecular flexibility index (Phi) is 5.29. The van der Waals surface area contributed by atoms with Crippen molar-refractivity contribution < 1.29 is 19.1 Å². The maximum absolute atomic E-state index is 13.0. The molecule has 0 aromatic heterocycles. The molecule has 0 unspecified atom stereocenters. The molecule has 1 fully saturated rings. The van der Waals surface area contributed by atoms with E-state index in [1.165, 1.54) is 5.56 Å². The summed E-state index contributed by atoms with van der Waals surface area (Å²) in [6.07, 6.45) is 1.91. The van der Waals surface area contributed by atoms with Gasteiger partial charge in [-0.05, 0) is 36.6 Å². The Morgan fingerprint density at radius 1 is 1.00 bits per heavy atom. The first-order chi connectivity index (χ1) is 14.1. The van der Waals surface area contributed by atoms with Crippen molar-refractivity contribution in [1.29, 1.82) is 0 Å². The van der Waals surface area contributed by atoms with Crippen LogP contribution in [0.25, 0.3) is 0 Å². The maximum atomic E-state index is 13.0. The lowest BCUT2D eigenvalue weighted by atomic mass is 10.0. The van der Waals surface area contributed by atoms with E-state index in [1.807, 2.05) is 18.2 Å². The highest BCUT2D eigenvalue weighted by molar-refractivity contribution is 6.01. The molecule has 2 heterocycles. The van der Waals surface area contributed by atoms with Gasteiger partial charge >= 0.3 is 6.03 Å². The van der Waals surface area contributed by atoms with Crippen molar-refractivity contribution in [3.05, 3.63) is 48.0 Å². The number of methoxy groups -OCH3 is 2. The fourth-order valence-electron chi connectivity index (χ4n) is 4.00. The molecule has 0 aliphatic carbocycles. The summed E-state index contributed by atoms with van der Waals surface area (Å²) in [5, 5.41) is 0. The van der Waals surface area contributed by atoms with Gasteiger partial charge in [0.15, 0.2) is 0 Å². The lowest BCUT2D eigenvalue weighted by Crippen LogP contribution is -2.44. The van der Waals surface area contributed by atoms with Crippen LogP contribution in [0.2, 0.25) is 0 Å². The highest BCUT2D eigenvalue weighted by atomic mass is 16.5. The Bertz CT molecular complexity index is 930. The van der Waals surface area contributed by atoms with Gasteiger partial charge < -0.3 is 19.3 Å². The zero-order valence-corrected chi connectivity index (χ0v) is 16.8. The number of urea groups is 1. The van der Waals surface area contributed by atoms with Gasteiger partial charge in [0.05, 0.1) is 19.9 Å². The van der Waals surface area contributed by atoms with Crippen LogP contribution in [0.3, 0.4) is 0 Å². The second-order valence-electron chi connectivity index (χ2n) is 7.17. The topological polar surface area (TPSA) is 62.3 Å². The summed E-state index contributed by atoms with van der Waals surface area (Å²) < 4.78 is 10.7. The van der Waals surface area contributed by atoms with Crippen LogP contribution in [0, 0.1) is 0 Å². The van der Waals surface area contributed by atoms with E-state index in [-0.39, 0.29) is 18.5 Å². The number of anilines is 2. The first-order valence-electron chi connectivity index (χ1n) is 9.79. The Hall–Kier alpha value is -3.22. The normalized spacial score (nSPS) is 16.1. The lowest BCUT2D eigenvalue weighted by molar-refractivity contribution is -0.119. The number of para-hydroxylation sites is 1. The minimum Gasteiger partial charge on any atom is -0.497 e. The van der Waals surface area contributed by atoms with Crippen molar-refractivity contribution in [1.82, 2.24) is 4.90 Å². The van der Waals surface area contributed by atoms with E-state index >= 15 is 0 Å². The van der Waals surface area contributed by atoms with Crippen molar-refractivity contribution in [2.24, 2.45) is 0 Å². The van der Waals surface area contributed by atoms with Gasteiger partial charge in [-0.2, -0.15) is 0 Å². The molecule has 7 heteroatoms. The molecule has 2 aromatic carbocycles. The van der Waals surface area contributed by atoms with Gasteiger partial charge in [-0.3, -0.25) is 9.69 Å². The van der Waals surface area contributed by atoms with Crippen LogP contribution in [0.15, 0.2) is 42.5 Å². The van der Waals surface area contributed by atoms with Gasteiger partial charge in [0.1, 0.15) is 18.0 Å². The predicted molar refractivity (Wildman–Crippen MR) is 111 cm³/mol. The molecular weight excluding hydrogens is 370 g/mol. The summed E-state index contributed by atoms with van der Waals surface area (Å²) in [5.41, 5.74) is 2.79. The third-order valence-electron chi connectivity index (χ3n) is 5.51. The number of ether oxygens (including phenoxy) is 2. The van der Waals surface area contributed by atoms with E-state index in [2.05, 4.69) is 6.07 Å². The number of nitrogens with zero attached hydrogens (tertiary/aromatic N) is 3. The minimum atomic E-state index is -0.199. The molecule has 0 N–H and O–H groups in total. The third-order valence-corrected chi connectivity index (χ3v) is 5.51. The lowest BCUT2D eigenvalue weighted by Gasteiger charge is -2.30. The van der Waals surface area contributed by atoms with E-state index in [9.17, 15) is 9.59 Å². The monoisotopic (exact) mass is 395 g/mol. The number of carbonyl (C=O) groups is 2. The molecule has 4 rings (SSSR count). The molecule has 1 saturated heterocycles. The quantitative estimate of drug-likeness (QED) is 0.781. The average Bonchev–Trinajstić information content (AvgIpc) is 3.12. The standard InChI is InChI=1S/C22H25N3O4/c1-28-17-9-10-20(29-2)19(14-17)25-13-12-23(22(25)27)15-21(26)24-11-5-7-16-6-3-4-8-18(16)24/h3-4,6,8-10,14H,5,7,11-13,15H2,1-2H3. The molecule has 2 aliphatic heterocycles. The molecule has 0 saturated carbocycles. The Morgan fingerprint density at radius 2 is 1.83 bits per heavy atom. The fourth-order valence-corrected chi connectivity index (χ4v) is 4.00. The molecule has 0 spiro atoms. The molecule has 2 aromatic rings. The molecule has 7 nitrogen and oxygen atoms in total. The van der Waals surface area contributed by atoms with Crippen LogP contribution in [-0.4, -0.2) is 57.2 Å². The summed E-state index contributed by atoms with van der Waals surface area (Å²) in [5.74, 6) is 1.19. The van der Waals surface area contributed by atoms with Crippen molar-refractivity contribution in [2.75, 3.05) is 50.2 Å². The smallest absolute Gasteiger partial charge is 0.325 e. The predicted octanol–water partition coefficient (Wildman–Crippen LogP) is 2.93.